The van der Waals surface area contributed by atoms with Gasteiger partial charge in [0.05, 0.1) is 0 Å². The van der Waals surface area contributed by atoms with E-state index < -0.39 is 30.4 Å². The fraction of sp³-hybridized carbons (Fsp3) is 0.615. The molecule has 0 aromatic rings. The molecule has 6 atom stereocenters. The highest BCUT2D eigenvalue weighted by Gasteiger charge is 2.61. The van der Waals surface area contributed by atoms with Crippen LogP contribution >= 0.6 is 0 Å². The molecule has 0 aromatic carbocycles. The van der Waals surface area contributed by atoms with Crippen molar-refractivity contribution in [2.24, 2.45) is 11.8 Å². The van der Waals surface area contributed by atoms with E-state index in [1.54, 1.807) is 0 Å². The zero-order valence-corrected chi connectivity index (χ0v) is 10.8. The van der Waals surface area contributed by atoms with Gasteiger partial charge in [0, 0.05) is 11.5 Å². The minimum Gasteiger partial charge on any atom is -0.458 e. The van der Waals surface area contributed by atoms with Gasteiger partial charge in [-0.15, -0.1) is 0 Å². The van der Waals surface area contributed by atoms with Gasteiger partial charge in [-0.2, -0.15) is 0 Å². The van der Waals surface area contributed by atoms with Crippen LogP contribution in [0.1, 0.15) is 13.8 Å². The maximum atomic E-state index is 11.6. The first-order valence-corrected chi connectivity index (χ1v) is 6.07. The molecule has 6 nitrogen and oxygen atoms in total. The molecule has 2 fully saturated rings. The lowest BCUT2D eigenvalue weighted by Gasteiger charge is -2.32. The van der Waals surface area contributed by atoms with E-state index in [9.17, 15) is 14.4 Å². The monoisotopic (exact) mass is 268 g/mol. The van der Waals surface area contributed by atoms with Crippen LogP contribution in [0.25, 0.3) is 0 Å². The molecule has 0 spiro atoms. The summed E-state index contributed by atoms with van der Waals surface area (Å²) >= 11 is 0. The summed E-state index contributed by atoms with van der Waals surface area (Å²) in [6.45, 7) is 7.16. The molecule has 0 radical (unpaired) electrons. The maximum absolute atomic E-state index is 11.6. The van der Waals surface area contributed by atoms with E-state index in [4.69, 9.17) is 14.2 Å². The summed E-state index contributed by atoms with van der Waals surface area (Å²) in [6.07, 6.45) is -1.62. The summed E-state index contributed by atoms with van der Waals surface area (Å²) < 4.78 is 15.8. The lowest BCUT2D eigenvalue weighted by molar-refractivity contribution is -0.162. The number of carbonyl (C=O) groups excluding carboxylic acids is 3. The second-order valence-electron chi connectivity index (χ2n) is 4.99. The van der Waals surface area contributed by atoms with Crippen LogP contribution in [0.5, 0.6) is 0 Å². The van der Waals surface area contributed by atoms with Crippen molar-refractivity contribution in [3.63, 3.8) is 0 Å². The number of rotatable bonds is 5. The average Bonchev–Trinajstić information content (AvgIpc) is 2.86. The number of aldehydes is 1. The third-order valence-corrected chi connectivity index (χ3v) is 3.75. The molecule has 19 heavy (non-hydrogen) atoms. The third kappa shape index (κ3) is 2.16. The molecule has 2 aliphatic rings. The minimum atomic E-state index is -0.759. The molecule has 0 N–H and O–H groups in total. The Hall–Kier alpha value is -1.69. The van der Waals surface area contributed by atoms with Crippen molar-refractivity contribution in [1.29, 1.82) is 0 Å². The largest absolute Gasteiger partial charge is 0.458 e. The molecule has 2 saturated heterocycles. The lowest BCUT2D eigenvalue weighted by Crippen LogP contribution is -2.49. The predicted octanol–water partition coefficient (Wildman–Crippen LogP) is 0.248. The van der Waals surface area contributed by atoms with Crippen LogP contribution in [0.15, 0.2) is 12.2 Å². The first-order chi connectivity index (χ1) is 9.01. The van der Waals surface area contributed by atoms with Crippen LogP contribution in [-0.4, -0.2) is 43.1 Å². The number of fused-ring (bicyclic) bond motifs is 2. The van der Waals surface area contributed by atoms with E-state index in [2.05, 4.69) is 6.58 Å². The highest BCUT2D eigenvalue weighted by Crippen LogP contribution is 2.45. The summed E-state index contributed by atoms with van der Waals surface area (Å²) in [7, 11) is 0. The SMILES string of the molecule is C=C(C)C(=O)OC1C2OC(C(C)C2C=O)C1OC=O. The molecule has 2 heterocycles. The number of carbonyl (C=O) groups is 3. The topological polar surface area (TPSA) is 78.9 Å². The van der Waals surface area contributed by atoms with E-state index in [0.717, 1.165) is 6.29 Å². The van der Waals surface area contributed by atoms with Crippen molar-refractivity contribution in [2.45, 2.75) is 38.3 Å². The van der Waals surface area contributed by atoms with Crippen molar-refractivity contribution in [2.75, 3.05) is 0 Å². The molecule has 6 unspecified atom stereocenters. The Labute approximate surface area is 110 Å². The standard InChI is InChI=1S/C13H16O6/c1-6(2)13(16)19-12-10-8(4-14)7(3)9(18-10)11(12)17-5-15/h4-5,7-12H,1H2,2-3H3. The second-order valence-corrected chi connectivity index (χ2v) is 4.99. The van der Waals surface area contributed by atoms with Gasteiger partial charge in [0.2, 0.25) is 0 Å². The van der Waals surface area contributed by atoms with Crippen molar-refractivity contribution < 1.29 is 28.6 Å². The highest BCUT2D eigenvalue weighted by molar-refractivity contribution is 5.87. The Balaban J connectivity index is 2.19. The summed E-state index contributed by atoms with van der Waals surface area (Å²) in [5.74, 6) is -1.02. The van der Waals surface area contributed by atoms with Crippen LogP contribution in [0, 0.1) is 11.8 Å². The van der Waals surface area contributed by atoms with Gasteiger partial charge in [0.15, 0.2) is 12.2 Å². The molecule has 6 heteroatoms. The Morgan fingerprint density at radius 3 is 2.47 bits per heavy atom. The number of hydrogen-bond acceptors (Lipinski definition) is 6. The molecule has 0 aliphatic carbocycles. The van der Waals surface area contributed by atoms with Crippen LogP contribution < -0.4 is 0 Å². The van der Waals surface area contributed by atoms with Crippen molar-refractivity contribution >= 4 is 18.7 Å². The molecule has 2 aliphatic heterocycles. The predicted molar refractivity (Wildman–Crippen MR) is 63.0 cm³/mol. The summed E-state index contributed by atoms with van der Waals surface area (Å²) in [5, 5.41) is 0. The molecular formula is C13H16O6. The van der Waals surface area contributed by atoms with Gasteiger partial charge >= 0.3 is 5.97 Å². The van der Waals surface area contributed by atoms with Gasteiger partial charge in [0.25, 0.3) is 6.47 Å². The molecule has 0 amide bonds. The molecule has 2 rings (SSSR count). The summed E-state index contributed by atoms with van der Waals surface area (Å²) in [5.41, 5.74) is 0.239. The molecule has 0 aromatic heterocycles. The Morgan fingerprint density at radius 2 is 1.95 bits per heavy atom. The van der Waals surface area contributed by atoms with Gasteiger partial charge in [-0.25, -0.2) is 4.79 Å². The number of esters is 1. The average molecular weight is 268 g/mol. The quantitative estimate of drug-likeness (QED) is 0.404. The molecular weight excluding hydrogens is 252 g/mol. The normalized spacial score (nSPS) is 39.7. The zero-order chi connectivity index (χ0) is 14.2. The van der Waals surface area contributed by atoms with E-state index in [0.29, 0.717) is 6.47 Å². The number of hydrogen-bond donors (Lipinski definition) is 0. The summed E-state index contributed by atoms with van der Waals surface area (Å²) in [4.78, 5) is 33.2. The first kappa shape index (κ1) is 13.7. The van der Waals surface area contributed by atoms with E-state index >= 15 is 0 Å². The Bertz CT molecular complexity index is 415. The fourth-order valence-corrected chi connectivity index (χ4v) is 2.74. The molecule has 2 bridgehead atoms. The van der Waals surface area contributed by atoms with E-state index in [1.807, 2.05) is 6.92 Å². The third-order valence-electron chi connectivity index (χ3n) is 3.75. The van der Waals surface area contributed by atoms with Gasteiger partial charge < -0.3 is 19.0 Å². The van der Waals surface area contributed by atoms with E-state index in [-0.39, 0.29) is 17.4 Å². The first-order valence-electron chi connectivity index (χ1n) is 6.07. The van der Waals surface area contributed by atoms with Gasteiger partial charge in [-0.3, -0.25) is 4.79 Å². The Kier molecular flexibility index (Phi) is 3.71. The van der Waals surface area contributed by atoms with Crippen molar-refractivity contribution in [3.8, 4) is 0 Å². The van der Waals surface area contributed by atoms with Crippen LogP contribution in [0.2, 0.25) is 0 Å². The van der Waals surface area contributed by atoms with Crippen molar-refractivity contribution in [3.05, 3.63) is 12.2 Å². The molecule has 0 saturated carbocycles. The van der Waals surface area contributed by atoms with Crippen LogP contribution in [0.4, 0.5) is 0 Å². The second kappa shape index (κ2) is 5.13. The van der Waals surface area contributed by atoms with Gasteiger partial charge in [-0.1, -0.05) is 13.5 Å². The van der Waals surface area contributed by atoms with Crippen molar-refractivity contribution in [1.82, 2.24) is 0 Å². The summed E-state index contributed by atoms with van der Waals surface area (Å²) in [6, 6.07) is 0. The fourth-order valence-electron chi connectivity index (χ4n) is 2.74. The van der Waals surface area contributed by atoms with E-state index in [1.165, 1.54) is 6.92 Å². The van der Waals surface area contributed by atoms with Gasteiger partial charge in [0.1, 0.15) is 18.5 Å². The lowest BCUT2D eigenvalue weighted by atomic mass is 9.78. The zero-order valence-electron chi connectivity index (χ0n) is 10.8. The van der Waals surface area contributed by atoms with Crippen LogP contribution in [-0.2, 0) is 28.6 Å². The van der Waals surface area contributed by atoms with Gasteiger partial charge in [-0.05, 0) is 12.8 Å². The molecule has 104 valence electrons. The maximum Gasteiger partial charge on any atom is 0.333 e. The Morgan fingerprint density at radius 1 is 1.26 bits per heavy atom. The minimum absolute atomic E-state index is 0.0766. The van der Waals surface area contributed by atoms with Crippen LogP contribution in [0.3, 0.4) is 0 Å². The number of ether oxygens (including phenoxy) is 3. The smallest absolute Gasteiger partial charge is 0.333 e. The highest BCUT2D eigenvalue weighted by atomic mass is 16.6.